The molecule has 2 nitrogen and oxygen atoms in total. The average molecular weight is 287 g/mol. The Morgan fingerprint density at radius 2 is 1.85 bits per heavy atom. The highest BCUT2D eigenvalue weighted by Crippen LogP contribution is 2.35. The second-order valence-corrected chi connectivity index (χ2v) is 5.13. The summed E-state index contributed by atoms with van der Waals surface area (Å²) in [4.78, 5) is 0. The number of halogens is 3. The second kappa shape index (κ2) is 6.97. The minimum absolute atomic E-state index is 0.0825. The minimum Gasteiger partial charge on any atom is -0.493 e. The van der Waals surface area contributed by atoms with E-state index in [1.807, 2.05) is 0 Å². The van der Waals surface area contributed by atoms with Crippen molar-refractivity contribution >= 4 is 0 Å². The van der Waals surface area contributed by atoms with Gasteiger partial charge in [0.05, 0.1) is 12.2 Å². The van der Waals surface area contributed by atoms with E-state index in [1.54, 1.807) is 6.07 Å². The van der Waals surface area contributed by atoms with Crippen molar-refractivity contribution in [2.24, 2.45) is 0 Å². The third-order valence-corrected chi connectivity index (χ3v) is 3.56. The van der Waals surface area contributed by atoms with Crippen molar-refractivity contribution in [3.63, 3.8) is 0 Å². The van der Waals surface area contributed by atoms with Crippen LogP contribution in [0.4, 0.5) is 13.2 Å². The van der Waals surface area contributed by atoms with E-state index in [0.717, 1.165) is 12.6 Å². The van der Waals surface area contributed by atoms with Crippen LogP contribution in [-0.4, -0.2) is 19.2 Å². The maximum atomic E-state index is 12.7. The number of hydrogen-bond acceptors (Lipinski definition) is 2. The van der Waals surface area contributed by atoms with Gasteiger partial charge in [0, 0.05) is 6.04 Å². The molecule has 1 aliphatic rings. The van der Waals surface area contributed by atoms with Crippen molar-refractivity contribution < 1.29 is 17.9 Å². The minimum atomic E-state index is -4.36. The predicted octanol–water partition coefficient (Wildman–Crippen LogP) is 4.01. The monoisotopic (exact) mass is 287 g/mol. The van der Waals surface area contributed by atoms with E-state index in [2.05, 4.69) is 5.32 Å². The fourth-order valence-electron chi connectivity index (χ4n) is 2.52. The van der Waals surface area contributed by atoms with E-state index in [0.29, 0.717) is 19.1 Å². The fraction of sp³-hybridized carbons (Fsp3) is 0.600. The number of rotatable bonds is 6. The number of nitrogens with one attached hydrogen (secondary N) is 1. The highest BCUT2D eigenvalue weighted by atomic mass is 19.4. The first kappa shape index (κ1) is 15.2. The summed E-state index contributed by atoms with van der Waals surface area (Å²) in [6.45, 7) is 1.09. The standard InChI is InChI=1S/C15H20F3NO/c16-15(17,18)13-8-3-4-9-14(13)20-11-5-10-19-12-6-1-2-7-12/h3-4,8-9,12,19H,1-2,5-7,10-11H2. The van der Waals surface area contributed by atoms with Crippen molar-refractivity contribution in [1.29, 1.82) is 0 Å². The van der Waals surface area contributed by atoms with Crippen LogP contribution in [-0.2, 0) is 6.18 Å². The van der Waals surface area contributed by atoms with Crippen LogP contribution in [0.1, 0.15) is 37.7 Å². The Bertz CT molecular complexity index is 414. The molecule has 1 saturated carbocycles. The van der Waals surface area contributed by atoms with Gasteiger partial charge in [-0.3, -0.25) is 0 Å². The Morgan fingerprint density at radius 3 is 2.55 bits per heavy atom. The third kappa shape index (κ3) is 4.40. The third-order valence-electron chi connectivity index (χ3n) is 3.56. The van der Waals surface area contributed by atoms with Crippen molar-refractivity contribution in [1.82, 2.24) is 5.32 Å². The molecule has 0 atom stereocenters. The van der Waals surface area contributed by atoms with Crippen LogP contribution in [0, 0.1) is 0 Å². The molecule has 1 aliphatic carbocycles. The second-order valence-electron chi connectivity index (χ2n) is 5.13. The lowest BCUT2D eigenvalue weighted by Crippen LogP contribution is -2.27. The maximum Gasteiger partial charge on any atom is 0.419 e. The van der Waals surface area contributed by atoms with Crippen molar-refractivity contribution in [3.8, 4) is 5.75 Å². The fourth-order valence-corrected chi connectivity index (χ4v) is 2.52. The number of benzene rings is 1. The molecule has 1 N–H and O–H groups in total. The average Bonchev–Trinajstić information content (AvgIpc) is 2.91. The van der Waals surface area contributed by atoms with Crippen LogP contribution < -0.4 is 10.1 Å². The SMILES string of the molecule is FC(F)(F)c1ccccc1OCCCNC1CCCC1. The molecular weight excluding hydrogens is 267 g/mol. The Hall–Kier alpha value is -1.23. The summed E-state index contributed by atoms with van der Waals surface area (Å²) in [5.41, 5.74) is -0.705. The smallest absolute Gasteiger partial charge is 0.419 e. The van der Waals surface area contributed by atoms with E-state index >= 15 is 0 Å². The molecule has 0 radical (unpaired) electrons. The lowest BCUT2D eigenvalue weighted by atomic mass is 10.2. The summed E-state index contributed by atoms with van der Waals surface area (Å²) in [7, 11) is 0. The molecule has 0 spiro atoms. The lowest BCUT2D eigenvalue weighted by Gasteiger charge is -2.15. The summed E-state index contributed by atoms with van der Waals surface area (Å²) in [5, 5.41) is 3.41. The molecule has 0 heterocycles. The zero-order valence-corrected chi connectivity index (χ0v) is 11.4. The molecule has 20 heavy (non-hydrogen) atoms. The van der Waals surface area contributed by atoms with Gasteiger partial charge in [-0.1, -0.05) is 25.0 Å². The molecule has 0 aliphatic heterocycles. The molecule has 0 aromatic heterocycles. The summed E-state index contributed by atoms with van der Waals surface area (Å²) < 4.78 is 43.5. The molecule has 0 bridgehead atoms. The van der Waals surface area contributed by atoms with E-state index in [4.69, 9.17) is 4.74 Å². The number of alkyl halides is 3. The van der Waals surface area contributed by atoms with Crippen LogP contribution in [0.2, 0.25) is 0 Å². The Kier molecular flexibility index (Phi) is 5.29. The van der Waals surface area contributed by atoms with Gasteiger partial charge in [0.15, 0.2) is 0 Å². The van der Waals surface area contributed by atoms with E-state index in [9.17, 15) is 13.2 Å². The Labute approximate surface area is 117 Å². The van der Waals surface area contributed by atoms with Gasteiger partial charge >= 0.3 is 6.18 Å². The van der Waals surface area contributed by atoms with E-state index in [1.165, 1.54) is 37.8 Å². The number of para-hydroxylation sites is 1. The molecule has 1 fully saturated rings. The molecular formula is C15H20F3NO. The highest BCUT2D eigenvalue weighted by molar-refractivity contribution is 5.35. The van der Waals surface area contributed by atoms with Gasteiger partial charge in [-0.05, 0) is 37.9 Å². The largest absolute Gasteiger partial charge is 0.493 e. The van der Waals surface area contributed by atoms with Crippen molar-refractivity contribution in [2.75, 3.05) is 13.2 Å². The summed E-state index contributed by atoms with van der Waals surface area (Å²) in [6.07, 6.45) is 1.30. The lowest BCUT2D eigenvalue weighted by molar-refractivity contribution is -0.138. The zero-order chi connectivity index (χ0) is 14.4. The van der Waals surface area contributed by atoms with Crippen LogP contribution in [0.15, 0.2) is 24.3 Å². The Balaban J connectivity index is 1.73. The zero-order valence-electron chi connectivity index (χ0n) is 11.4. The maximum absolute atomic E-state index is 12.7. The highest BCUT2D eigenvalue weighted by Gasteiger charge is 2.33. The summed E-state index contributed by atoms with van der Waals surface area (Å²) in [6, 6.07) is 5.93. The predicted molar refractivity (Wildman–Crippen MR) is 71.8 cm³/mol. The molecule has 5 heteroatoms. The van der Waals surface area contributed by atoms with E-state index in [-0.39, 0.29) is 5.75 Å². The van der Waals surface area contributed by atoms with Crippen LogP contribution in [0.25, 0.3) is 0 Å². The van der Waals surface area contributed by atoms with Gasteiger partial charge in [-0.15, -0.1) is 0 Å². The van der Waals surface area contributed by atoms with Gasteiger partial charge in [-0.25, -0.2) is 0 Å². The van der Waals surface area contributed by atoms with Crippen LogP contribution >= 0.6 is 0 Å². The van der Waals surface area contributed by atoms with Gasteiger partial charge in [-0.2, -0.15) is 13.2 Å². The van der Waals surface area contributed by atoms with Crippen LogP contribution in [0.5, 0.6) is 5.75 Å². The number of ether oxygens (including phenoxy) is 1. The summed E-state index contributed by atoms with van der Waals surface area (Å²) in [5.74, 6) is -0.0825. The summed E-state index contributed by atoms with van der Waals surface area (Å²) >= 11 is 0. The van der Waals surface area contributed by atoms with Crippen LogP contribution in [0.3, 0.4) is 0 Å². The van der Waals surface area contributed by atoms with E-state index < -0.39 is 11.7 Å². The molecule has 112 valence electrons. The molecule has 1 aromatic rings. The van der Waals surface area contributed by atoms with Gasteiger partial charge in [0.25, 0.3) is 0 Å². The first-order chi connectivity index (χ1) is 9.57. The molecule has 0 unspecified atom stereocenters. The molecule has 2 rings (SSSR count). The first-order valence-electron chi connectivity index (χ1n) is 7.10. The first-order valence-corrected chi connectivity index (χ1v) is 7.10. The topological polar surface area (TPSA) is 21.3 Å². The quantitative estimate of drug-likeness (QED) is 0.798. The van der Waals surface area contributed by atoms with Gasteiger partial charge in [0.2, 0.25) is 0 Å². The molecule has 0 saturated heterocycles. The van der Waals surface area contributed by atoms with Crippen molar-refractivity contribution in [3.05, 3.63) is 29.8 Å². The number of hydrogen-bond donors (Lipinski definition) is 1. The van der Waals surface area contributed by atoms with Crippen molar-refractivity contribution in [2.45, 2.75) is 44.3 Å². The molecule has 0 amide bonds. The molecule has 1 aromatic carbocycles. The Morgan fingerprint density at radius 1 is 1.15 bits per heavy atom. The van der Waals surface area contributed by atoms with Gasteiger partial charge < -0.3 is 10.1 Å². The normalized spacial score (nSPS) is 16.6. The van der Waals surface area contributed by atoms with Gasteiger partial charge in [0.1, 0.15) is 5.75 Å².